The summed E-state index contributed by atoms with van der Waals surface area (Å²) in [5, 5.41) is 6.17. The molecule has 3 aromatic carbocycles. The molecular formula is C26H25N3O4S2. The summed E-state index contributed by atoms with van der Waals surface area (Å²) in [7, 11) is 1.51. The number of aromatic nitrogens is 1. The molecule has 1 aromatic heterocycles. The Kier molecular flexibility index (Phi) is 8.23. The fourth-order valence-corrected chi connectivity index (χ4v) is 4.78. The second kappa shape index (κ2) is 11.7. The Morgan fingerprint density at radius 1 is 1.03 bits per heavy atom. The first kappa shape index (κ1) is 24.6. The van der Waals surface area contributed by atoms with Crippen LogP contribution in [0.25, 0.3) is 10.2 Å². The van der Waals surface area contributed by atoms with Crippen molar-refractivity contribution in [2.24, 2.45) is 0 Å². The summed E-state index contributed by atoms with van der Waals surface area (Å²) in [5.41, 5.74) is 1.13. The number of thioether (sulfide) groups is 1. The summed E-state index contributed by atoms with van der Waals surface area (Å²) in [4.78, 5) is 30.5. The zero-order valence-corrected chi connectivity index (χ0v) is 20.9. The van der Waals surface area contributed by atoms with Gasteiger partial charge in [0.15, 0.2) is 5.13 Å². The van der Waals surface area contributed by atoms with Crippen LogP contribution in [0.4, 0.5) is 5.13 Å². The van der Waals surface area contributed by atoms with E-state index < -0.39 is 6.04 Å². The minimum absolute atomic E-state index is 0.317. The van der Waals surface area contributed by atoms with Crippen molar-refractivity contribution in [3.8, 4) is 17.2 Å². The molecule has 0 bridgehead atoms. The van der Waals surface area contributed by atoms with Gasteiger partial charge in [-0.05, 0) is 54.8 Å². The Balaban J connectivity index is 1.47. The van der Waals surface area contributed by atoms with Crippen LogP contribution in [-0.2, 0) is 4.79 Å². The van der Waals surface area contributed by atoms with Crippen LogP contribution in [0.2, 0.25) is 0 Å². The lowest BCUT2D eigenvalue weighted by Crippen LogP contribution is -2.44. The number of anilines is 1. The molecule has 0 aliphatic carbocycles. The average Bonchev–Trinajstić information content (AvgIpc) is 3.28. The predicted molar refractivity (Wildman–Crippen MR) is 142 cm³/mol. The maximum absolute atomic E-state index is 13.1. The third kappa shape index (κ3) is 6.32. The highest BCUT2D eigenvalue weighted by Crippen LogP contribution is 2.31. The van der Waals surface area contributed by atoms with E-state index in [4.69, 9.17) is 9.47 Å². The number of rotatable bonds is 10. The van der Waals surface area contributed by atoms with E-state index in [0.29, 0.717) is 34.4 Å². The van der Waals surface area contributed by atoms with E-state index in [9.17, 15) is 9.59 Å². The Morgan fingerprint density at radius 3 is 2.57 bits per heavy atom. The predicted octanol–water partition coefficient (Wildman–Crippen LogP) is 5.59. The normalized spacial score (nSPS) is 11.6. The fraction of sp³-hybridized carbons (Fsp3) is 0.192. The molecule has 2 amide bonds. The van der Waals surface area contributed by atoms with Crippen LogP contribution in [0.15, 0.2) is 72.8 Å². The summed E-state index contributed by atoms with van der Waals surface area (Å²) in [6.07, 6.45) is 2.44. The Bertz CT molecular complexity index is 1310. The monoisotopic (exact) mass is 507 g/mol. The van der Waals surface area contributed by atoms with Gasteiger partial charge in [0.25, 0.3) is 5.91 Å². The summed E-state index contributed by atoms with van der Waals surface area (Å²) < 4.78 is 12.1. The lowest BCUT2D eigenvalue weighted by Gasteiger charge is -2.18. The topological polar surface area (TPSA) is 89.5 Å². The highest BCUT2D eigenvalue weighted by molar-refractivity contribution is 7.98. The largest absolute Gasteiger partial charge is 0.496 e. The second-order valence-corrected chi connectivity index (χ2v) is 9.58. The molecule has 35 heavy (non-hydrogen) atoms. The Hall–Kier alpha value is -3.56. The van der Waals surface area contributed by atoms with Crippen molar-refractivity contribution >= 4 is 50.3 Å². The number of carbonyl (C=O) groups is 2. The van der Waals surface area contributed by atoms with Gasteiger partial charge in [-0.1, -0.05) is 41.7 Å². The lowest BCUT2D eigenvalue weighted by atomic mass is 10.1. The van der Waals surface area contributed by atoms with Crippen molar-refractivity contribution in [3.05, 3.63) is 78.4 Å². The number of amides is 2. The minimum Gasteiger partial charge on any atom is -0.496 e. The van der Waals surface area contributed by atoms with Crippen LogP contribution < -0.4 is 20.1 Å². The van der Waals surface area contributed by atoms with E-state index in [2.05, 4.69) is 15.6 Å². The summed E-state index contributed by atoms with van der Waals surface area (Å²) in [6, 6.07) is 21.3. The molecule has 0 radical (unpaired) electrons. The molecule has 0 aliphatic rings. The van der Waals surface area contributed by atoms with Gasteiger partial charge in [0, 0.05) is 6.07 Å². The molecule has 180 valence electrons. The van der Waals surface area contributed by atoms with Gasteiger partial charge in [0.05, 0.1) is 22.9 Å². The average molecular weight is 508 g/mol. The fourth-order valence-electron chi connectivity index (χ4n) is 3.41. The highest BCUT2D eigenvalue weighted by Gasteiger charge is 2.23. The lowest BCUT2D eigenvalue weighted by molar-refractivity contribution is -0.118. The number of thiazole rings is 1. The van der Waals surface area contributed by atoms with Crippen molar-refractivity contribution in [2.45, 2.75) is 12.5 Å². The van der Waals surface area contributed by atoms with Gasteiger partial charge >= 0.3 is 0 Å². The molecule has 0 aliphatic heterocycles. The van der Waals surface area contributed by atoms with Crippen LogP contribution in [-0.4, -0.2) is 42.0 Å². The first-order valence-electron chi connectivity index (χ1n) is 10.9. The highest BCUT2D eigenvalue weighted by atomic mass is 32.2. The number of hydrogen-bond acceptors (Lipinski definition) is 7. The number of nitrogens with one attached hydrogen (secondary N) is 2. The zero-order valence-electron chi connectivity index (χ0n) is 19.3. The van der Waals surface area contributed by atoms with Gasteiger partial charge in [-0.3, -0.25) is 9.59 Å². The van der Waals surface area contributed by atoms with Gasteiger partial charge in [0.1, 0.15) is 23.3 Å². The molecular weight excluding hydrogens is 482 g/mol. The van der Waals surface area contributed by atoms with Crippen LogP contribution in [0.1, 0.15) is 16.8 Å². The first-order chi connectivity index (χ1) is 17.1. The zero-order chi connectivity index (χ0) is 24.6. The van der Waals surface area contributed by atoms with Crippen molar-refractivity contribution in [2.75, 3.05) is 24.4 Å². The second-order valence-electron chi connectivity index (χ2n) is 7.56. The smallest absolute Gasteiger partial charge is 0.255 e. The van der Waals surface area contributed by atoms with E-state index in [1.54, 1.807) is 36.0 Å². The molecule has 7 nitrogen and oxygen atoms in total. The van der Waals surface area contributed by atoms with Crippen molar-refractivity contribution in [1.82, 2.24) is 10.3 Å². The van der Waals surface area contributed by atoms with E-state index in [1.807, 2.05) is 54.8 Å². The molecule has 0 spiro atoms. The number of benzene rings is 3. The van der Waals surface area contributed by atoms with Crippen molar-refractivity contribution in [3.63, 3.8) is 0 Å². The SMILES string of the molecule is COc1ccccc1C(=O)N[C@@H](CCSC)C(=O)Nc1nc2ccc(Oc3ccccc3)cc2s1. The molecule has 4 rings (SSSR count). The number of hydrogen-bond donors (Lipinski definition) is 2. The molecule has 9 heteroatoms. The molecule has 4 aromatic rings. The number of ether oxygens (including phenoxy) is 2. The molecule has 2 N–H and O–H groups in total. The Labute approximate surface area is 211 Å². The van der Waals surface area contributed by atoms with Crippen molar-refractivity contribution in [1.29, 1.82) is 0 Å². The van der Waals surface area contributed by atoms with Gasteiger partial charge in [-0.25, -0.2) is 4.98 Å². The van der Waals surface area contributed by atoms with Crippen LogP contribution in [0.5, 0.6) is 17.2 Å². The van der Waals surface area contributed by atoms with Crippen LogP contribution >= 0.6 is 23.1 Å². The number of methoxy groups -OCH3 is 1. The maximum atomic E-state index is 13.1. The molecule has 1 heterocycles. The van der Waals surface area contributed by atoms with E-state index in [-0.39, 0.29) is 11.8 Å². The standard InChI is InChI=1S/C26H25N3O4S2/c1-32-22-11-7-6-10-19(22)24(30)27-21(14-15-34-2)25(31)29-26-28-20-13-12-18(16-23(20)35-26)33-17-8-4-3-5-9-17/h3-13,16,21H,14-15H2,1-2H3,(H,27,30)(H,28,29,31)/t21-/m0/s1. The molecule has 0 saturated heterocycles. The van der Waals surface area contributed by atoms with E-state index >= 15 is 0 Å². The first-order valence-corrected chi connectivity index (χ1v) is 13.2. The van der Waals surface area contributed by atoms with Gasteiger partial charge in [0.2, 0.25) is 5.91 Å². The van der Waals surface area contributed by atoms with Gasteiger partial charge in [-0.15, -0.1) is 0 Å². The third-order valence-corrected chi connectivity index (χ3v) is 6.73. The van der Waals surface area contributed by atoms with E-state index in [1.165, 1.54) is 18.4 Å². The number of carbonyl (C=O) groups excluding carboxylic acids is 2. The Morgan fingerprint density at radius 2 is 1.80 bits per heavy atom. The summed E-state index contributed by atoms with van der Waals surface area (Å²) >= 11 is 2.96. The summed E-state index contributed by atoms with van der Waals surface area (Å²) in [6.45, 7) is 0. The van der Waals surface area contributed by atoms with Gasteiger partial charge in [-0.2, -0.15) is 11.8 Å². The molecule has 0 unspecified atom stereocenters. The van der Waals surface area contributed by atoms with Crippen LogP contribution in [0, 0.1) is 0 Å². The molecule has 0 fully saturated rings. The number of para-hydroxylation sites is 2. The van der Waals surface area contributed by atoms with Gasteiger partial charge < -0.3 is 20.1 Å². The van der Waals surface area contributed by atoms with Crippen LogP contribution in [0.3, 0.4) is 0 Å². The van der Waals surface area contributed by atoms with Crippen molar-refractivity contribution < 1.29 is 19.1 Å². The quantitative estimate of drug-likeness (QED) is 0.291. The maximum Gasteiger partial charge on any atom is 0.255 e. The summed E-state index contributed by atoms with van der Waals surface area (Å²) in [5.74, 6) is 1.91. The number of fused-ring (bicyclic) bond motifs is 1. The number of nitrogens with zero attached hydrogens (tertiary/aromatic N) is 1. The van der Waals surface area contributed by atoms with E-state index in [0.717, 1.165) is 16.0 Å². The minimum atomic E-state index is -0.719. The molecule has 1 atom stereocenters. The third-order valence-electron chi connectivity index (χ3n) is 5.15. The molecule has 0 saturated carbocycles.